The van der Waals surface area contributed by atoms with Crippen LogP contribution in [0.15, 0.2) is 24.3 Å². The van der Waals surface area contributed by atoms with E-state index in [1.165, 1.54) is 4.90 Å². The van der Waals surface area contributed by atoms with Crippen LogP contribution in [-0.4, -0.2) is 42.4 Å². The van der Waals surface area contributed by atoms with Gasteiger partial charge in [-0.15, -0.1) is 0 Å². The van der Waals surface area contributed by atoms with E-state index in [2.05, 4.69) is 0 Å². The molecule has 106 valence electrons. The Balaban J connectivity index is 2.00. The first-order valence-corrected chi connectivity index (χ1v) is 7.96. The van der Waals surface area contributed by atoms with Gasteiger partial charge in [0.1, 0.15) is 5.25 Å². The summed E-state index contributed by atoms with van der Waals surface area (Å²) in [7, 11) is -3.32. The summed E-state index contributed by atoms with van der Waals surface area (Å²) in [4.78, 5) is 24.6. The molecule has 1 aromatic carbocycles. The summed E-state index contributed by atoms with van der Waals surface area (Å²) < 4.78 is 23.5. The second kappa shape index (κ2) is 4.31. The van der Waals surface area contributed by atoms with E-state index in [1.807, 2.05) is 0 Å². The molecular weight excluding hydrogens is 282 g/mol. The van der Waals surface area contributed by atoms with E-state index in [9.17, 15) is 18.0 Å². The Kier molecular flexibility index (Phi) is 2.82. The van der Waals surface area contributed by atoms with Crippen LogP contribution in [0.4, 0.5) is 5.69 Å². The van der Waals surface area contributed by atoms with Crippen molar-refractivity contribution in [3.8, 4) is 0 Å². The van der Waals surface area contributed by atoms with Gasteiger partial charge in [-0.25, -0.2) is 8.42 Å². The maximum Gasteiger partial charge on any atom is 0.307 e. The zero-order valence-electron chi connectivity index (χ0n) is 10.5. The number of carboxylic acid groups (broad SMARTS) is 1. The number of sulfone groups is 1. The van der Waals surface area contributed by atoms with E-state index in [1.54, 1.807) is 24.3 Å². The molecule has 2 saturated heterocycles. The number of carbonyl (C=O) groups is 2. The summed E-state index contributed by atoms with van der Waals surface area (Å²) in [6, 6.07) is 6.37. The van der Waals surface area contributed by atoms with Crippen molar-refractivity contribution in [2.45, 2.75) is 24.1 Å². The number of amides is 1. The fourth-order valence-corrected chi connectivity index (χ4v) is 4.98. The number of carboxylic acids is 1. The van der Waals surface area contributed by atoms with Gasteiger partial charge < -0.3 is 10.0 Å². The molecule has 6 nitrogen and oxygen atoms in total. The quantitative estimate of drug-likeness (QED) is 0.861. The van der Waals surface area contributed by atoms with E-state index in [0.29, 0.717) is 17.7 Å². The van der Waals surface area contributed by atoms with Crippen molar-refractivity contribution in [2.24, 2.45) is 0 Å². The van der Waals surface area contributed by atoms with Gasteiger partial charge in [0.2, 0.25) is 5.91 Å². The molecule has 2 unspecified atom stereocenters. The number of anilines is 1. The number of nitrogens with zero attached hydrogens (tertiary/aromatic N) is 1. The molecule has 1 aromatic rings. The molecule has 0 aromatic heterocycles. The van der Waals surface area contributed by atoms with Crippen LogP contribution in [-0.2, 0) is 25.8 Å². The molecule has 2 aliphatic rings. The SMILES string of the molecule is O=C(O)Cc1ccccc1N1C(=O)C2CC1CS2(=O)=O. The van der Waals surface area contributed by atoms with Crippen molar-refractivity contribution in [1.82, 2.24) is 0 Å². The molecule has 0 spiro atoms. The molecule has 7 heteroatoms. The third-order valence-electron chi connectivity index (χ3n) is 3.82. The zero-order chi connectivity index (χ0) is 14.5. The molecule has 2 bridgehead atoms. The van der Waals surface area contributed by atoms with Crippen LogP contribution in [0.3, 0.4) is 0 Å². The fourth-order valence-electron chi connectivity index (χ4n) is 2.99. The van der Waals surface area contributed by atoms with Gasteiger partial charge in [0.15, 0.2) is 9.84 Å². The number of aliphatic carboxylic acids is 1. The highest BCUT2D eigenvalue weighted by atomic mass is 32.2. The normalized spacial score (nSPS) is 27.0. The van der Waals surface area contributed by atoms with Crippen LogP contribution in [0.25, 0.3) is 0 Å². The predicted octanol–water partition coefficient (Wildman–Crippen LogP) is 0.216. The lowest BCUT2D eigenvalue weighted by molar-refractivity contribution is -0.136. The molecule has 0 saturated carbocycles. The summed E-state index contributed by atoms with van der Waals surface area (Å²) in [5, 5.41) is 7.96. The van der Waals surface area contributed by atoms with Crippen LogP contribution >= 0.6 is 0 Å². The van der Waals surface area contributed by atoms with E-state index >= 15 is 0 Å². The van der Waals surface area contributed by atoms with Gasteiger partial charge in [-0.1, -0.05) is 18.2 Å². The van der Waals surface area contributed by atoms with E-state index in [-0.39, 0.29) is 18.2 Å². The number of para-hydroxylation sites is 1. The predicted molar refractivity (Wildman–Crippen MR) is 71.2 cm³/mol. The van der Waals surface area contributed by atoms with Crippen molar-refractivity contribution in [2.75, 3.05) is 10.7 Å². The maximum absolute atomic E-state index is 12.2. The zero-order valence-corrected chi connectivity index (χ0v) is 11.3. The first-order valence-electron chi connectivity index (χ1n) is 6.24. The minimum absolute atomic E-state index is 0.0369. The Morgan fingerprint density at radius 1 is 1.35 bits per heavy atom. The Morgan fingerprint density at radius 3 is 2.65 bits per heavy atom. The number of hydrogen-bond acceptors (Lipinski definition) is 4. The standard InChI is InChI=1S/C13H13NO5S/c15-12(16)5-8-3-1-2-4-10(8)14-9-6-11(13(14)17)20(18,19)7-9/h1-4,9,11H,5-7H2,(H,15,16). The Labute approximate surface area is 115 Å². The lowest BCUT2D eigenvalue weighted by Crippen LogP contribution is -2.45. The van der Waals surface area contributed by atoms with Gasteiger partial charge in [-0.2, -0.15) is 0 Å². The summed E-state index contributed by atoms with van der Waals surface area (Å²) in [6.45, 7) is 0. The second-order valence-corrected chi connectivity index (χ2v) is 7.34. The second-order valence-electron chi connectivity index (χ2n) is 5.12. The summed E-state index contributed by atoms with van der Waals surface area (Å²) in [6.07, 6.45) is 0.118. The first-order chi connectivity index (χ1) is 9.40. The van der Waals surface area contributed by atoms with Crippen molar-refractivity contribution < 1.29 is 23.1 Å². The van der Waals surface area contributed by atoms with Crippen molar-refractivity contribution in [3.63, 3.8) is 0 Å². The Bertz CT molecular complexity index is 696. The highest BCUT2D eigenvalue weighted by molar-refractivity contribution is 7.93. The minimum atomic E-state index is -3.32. The van der Waals surface area contributed by atoms with Crippen molar-refractivity contribution in [1.29, 1.82) is 0 Å². The number of rotatable bonds is 3. The molecule has 2 aliphatic heterocycles. The number of hydrogen-bond donors (Lipinski definition) is 1. The van der Waals surface area contributed by atoms with Crippen LogP contribution in [0.1, 0.15) is 12.0 Å². The summed E-state index contributed by atoms with van der Waals surface area (Å²) in [5.41, 5.74) is 1.04. The average molecular weight is 295 g/mol. The Hall–Kier alpha value is -1.89. The molecular formula is C13H13NO5S. The molecule has 1 amide bonds. The summed E-state index contributed by atoms with van der Waals surface area (Å²) >= 11 is 0. The Morgan fingerprint density at radius 2 is 2.05 bits per heavy atom. The maximum atomic E-state index is 12.2. The lowest BCUT2D eigenvalue weighted by Gasteiger charge is -2.28. The van der Waals surface area contributed by atoms with E-state index in [0.717, 1.165) is 0 Å². The first kappa shape index (κ1) is 13.1. The number of carbonyl (C=O) groups excluding carboxylic acids is 1. The lowest BCUT2D eigenvalue weighted by atomic mass is 10.1. The van der Waals surface area contributed by atoms with Crippen LogP contribution in [0.5, 0.6) is 0 Å². The molecule has 20 heavy (non-hydrogen) atoms. The topological polar surface area (TPSA) is 91.8 Å². The molecule has 1 N–H and O–H groups in total. The van der Waals surface area contributed by atoms with Gasteiger partial charge in [0, 0.05) is 5.69 Å². The third-order valence-corrected chi connectivity index (χ3v) is 5.93. The molecule has 2 fully saturated rings. The van der Waals surface area contributed by atoms with Gasteiger partial charge in [0.05, 0.1) is 18.2 Å². The van der Waals surface area contributed by atoms with Crippen molar-refractivity contribution >= 4 is 27.4 Å². The van der Waals surface area contributed by atoms with Gasteiger partial charge in [-0.3, -0.25) is 9.59 Å². The van der Waals surface area contributed by atoms with E-state index < -0.39 is 27.0 Å². The van der Waals surface area contributed by atoms with E-state index in [4.69, 9.17) is 5.11 Å². The number of benzene rings is 1. The monoisotopic (exact) mass is 295 g/mol. The van der Waals surface area contributed by atoms with Crippen molar-refractivity contribution in [3.05, 3.63) is 29.8 Å². The molecule has 3 rings (SSSR count). The largest absolute Gasteiger partial charge is 0.481 e. The summed E-state index contributed by atoms with van der Waals surface area (Å²) in [5.74, 6) is -1.45. The van der Waals surface area contributed by atoms with Gasteiger partial charge in [-0.05, 0) is 18.1 Å². The molecule has 2 atom stereocenters. The van der Waals surface area contributed by atoms with Crippen LogP contribution < -0.4 is 4.90 Å². The highest BCUT2D eigenvalue weighted by Gasteiger charge is 2.55. The molecule has 0 aliphatic carbocycles. The smallest absolute Gasteiger partial charge is 0.307 e. The third kappa shape index (κ3) is 1.89. The van der Waals surface area contributed by atoms with Gasteiger partial charge in [0.25, 0.3) is 0 Å². The van der Waals surface area contributed by atoms with Gasteiger partial charge >= 0.3 is 5.97 Å². The fraction of sp³-hybridized carbons (Fsp3) is 0.385. The van der Waals surface area contributed by atoms with Crippen LogP contribution in [0.2, 0.25) is 0 Å². The highest BCUT2D eigenvalue weighted by Crippen LogP contribution is 2.38. The molecule has 0 radical (unpaired) electrons. The number of fused-ring (bicyclic) bond motifs is 2. The molecule has 2 heterocycles. The average Bonchev–Trinajstić information content (AvgIpc) is 2.82. The van der Waals surface area contributed by atoms with Crippen LogP contribution in [0, 0.1) is 0 Å². The minimum Gasteiger partial charge on any atom is -0.481 e.